The molecule has 0 aliphatic carbocycles. The summed E-state index contributed by atoms with van der Waals surface area (Å²) in [6, 6.07) is 11.3. The molecule has 1 amide bonds. The van der Waals surface area contributed by atoms with Gasteiger partial charge in [0.2, 0.25) is 5.91 Å². The van der Waals surface area contributed by atoms with Crippen LogP contribution in [0.25, 0.3) is 0 Å². The highest BCUT2D eigenvalue weighted by Gasteiger charge is 2.39. The monoisotopic (exact) mass is 347 g/mol. The Balaban J connectivity index is 2.55. The molecular weight excluding hydrogens is 334 g/mol. The average molecular weight is 348 g/mol. The summed E-state index contributed by atoms with van der Waals surface area (Å²) in [6.45, 7) is 0. The van der Waals surface area contributed by atoms with Crippen LogP contribution in [0.2, 0.25) is 5.02 Å². The van der Waals surface area contributed by atoms with Gasteiger partial charge in [-0.05, 0) is 11.6 Å². The fraction of sp³-hybridized carbons (Fsp3) is 0.267. The molecule has 0 saturated heterocycles. The van der Waals surface area contributed by atoms with E-state index in [1.807, 2.05) is 0 Å². The molecule has 0 saturated carbocycles. The molecule has 6 nitrogen and oxygen atoms in total. The van der Waals surface area contributed by atoms with E-state index in [0.29, 0.717) is 21.2 Å². The summed E-state index contributed by atoms with van der Waals surface area (Å²) in [5.41, 5.74) is 12.2. The standard InChI is InChI=1S/C15H14ClN5OS/c16-11-4-2-1-3-8(11)13-9(5-17)14(20)21-15(10(13)6-18)23-7-12(19)22/h1-4,9,13-14,21H,7,20H2,(H2,19,22)/t9-,13-,14+/m0/s1. The number of halogens is 1. The number of hydrogen-bond acceptors (Lipinski definition) is 6. The van der Waals surface area contributed by atoms with Gasteiger partial charge >= 0.3 is 0 Å². The van der Waals surface area contributed by atoms with Crippen molar-refractivity contribution in [2.24, 2.45) is 17.4 Å². The minimum absolute atomic E-state index is 0.00664. The number of thioether (sulfide) groups is 1. The van der Waals surface area contributed by atoms with Gasteiger partial charge in [-0.3, -0.25) is 4.79 Å². The number of nitriles is 2. The van der Waals surface area contributed by atoms with E-state index < -0.39 is 23.9 Å². The number of carbonyl (C=O) groups excluding carboxylic acids is 1. The number of rotatable bonds is 4. The van der Waals surface area contributed by atoms with Crippen LogP contribution >= 0.6 is 23.4 Å². The molecule has 5 N–H and O–H groups in total. The van der Waals surface area contributed by atoms with Crippen LogP contribution in [-0.2, 0) is 4.79 Å². The van der Waals surface area contributed by atoms with E-state index in [4.69, 9.17) is 23.1 Å². The third kappa shape index (κ3) is 3.59. The number of nitrogens with one attached hydrogen (secondary N) is 1. The second kappa shape index (κ2) is 7.38. The van der Waals surface area contributed by atoms with Gasteiger partial charge in [0.1, 0.15) is 0 Å². The van der Waals surface area contributed by atoms with Gasteiger partial charge in [-0.25, -0.2) is 0 Å². The number of nitrogens with two attached hydrogens (primary N) is 2. The Labute approximate surface area is 143 Å². The molecule has 118 valence electrons. The Kier molecular flexibility index (Phi) is 5.51. The van der Waals surface area contributed by atoms with Crippen LogP contribution in [-0.4, -0.2) is 17.8 Å². The maximum Gasteiger partial charge on any atom is 0.227 e. The lowest BCUT2D eigenvalue weighted by Gasteiger charge is -2.35. The number of primary amides is 1. The quantitative estimate of drug-likeness (QED) is 0.755. The van der Waals surface area contributed by atoms with Gasteiger partial charge < -0.3 is 16.8 Å². The Morgan fingerprint density at radius 1 is 1.39 bits per heavy atom. The number of nitrogens with zero attached hydrogens (tertiary/aromatic N) is 2. The molecule has 0 unspecified atom stereocenters. The van der Waals surface area contributed by atoms with Crippen LogP contribution in [0.3, 0.4) is 0 Å². The van der Waals surface area contributed by atoms with Crippen molar-refractivity contribution in [3.63, 3.8) is 0 Å². The van der Waals surface area contributed by atoms with Crippen molar-refractivity contribution in [2.75, 3.05) is 5.75 Å². The van der Waals surface area contributed by atoms with E-state index in [-0.39, 0.29) is 5.75 Å². The Morgan fingerprint density at radius 2 is 2.09 bits per heavy atom. The average Bonchev–Trinajstić information content (AvgIpc) is 2.52. The van der Waals surface area contributed by atoms with Crippen molar-refractivity contribution in [3.8, 4) is 12.1 Å². The molecule has 0 spiro atoms. The van der Waals surface area contributed by atoms with Gasteiger partial charge in [0.05, 0.1) is 40.6 Å². The van der Waals surface area contributed by atoms with Crippen LogP contribution in [0.4, 0.5) is 0 Å². The first kappa shape index (κ1) is 17.2. The highest BCUT2D eigenvalue weighted by molar-refractivity contribution is 8.03. The van der Waals surface area contributed by atoms with E-state index in [1.165, 1.54) is 0 Å². The smallest absolute Gasteiger partial charge is 0.227 e. The van der Waals surface area contributed by atoms with E-state index in [2.05, 4.69) is 17.5 Å². The Hall–Kier alpha value is -2.19. The molecule has 2 rings (SSSR count). The molecule has 0 aromatic heterocycles. The lowest BCUT2D eigenvalue weighted by atomic mass is 9.78. The van der Waals surface area contributed by atoms with Gasteiger partial charge in [-0.1, -0.05) is 41.6 Å². The van der Waals surface area contributed by atoms with Crippen molar-refractivity contribution in [2.45, 2.75) is 12.1 Å². The third-order valence-corrected chi connectivity index (χ3v) is 4.87. The Morgan fingerprint density at radius 3 is 2.65 bits per heavy atom. The predicted molar refractivity (Wildman–Crippen MR) is 88.7 cm³/mol. The molecule has 0 radical (unpaired) electrons. The molecule has 1 aromatic rings. The van der Waals surface area contributed by atoms with Crippen molar-refractivity contribution >= 4 is 29.3 Å². The number of benzene rings is 1. The van der Waals surface area contributed by atoms with Crippen molar-refractivity contribution in [3.05, 3.63) is 45.5 Å². The first-order valence-corrected chi connectivity index (χ1v) is 8.07. The summed E-state index contributed by atoms with van der Waals surface area (Å²) in [5, 5.41) is 22.9. The molecule has 3 atom stereocenters. The Bertz CT molecular complexity index is 736. The predicted octanol–water partition coefficient (Wildman–Crippen LogP) is 1.41. The molecule has 1 aliphatic rings. The van der Waals surface area contributed by atoms with Crippen LogP contribution in [0.1, 0.15) is 11.5 Å². The maximum atomic E-state index is 11.0. The zero-order valence-electron chi connectivity index (χ0n) is 12.0. The van der Waals surface area contributed by atoms with E-state index in [0.717, 1.165) is 11.8 Å². The molecule has 0 fully saturated rings. The van der Waals surface area contributed by atoms with Crippen LogP contribution < -0.4 is 16.8 Å². The van der Waals surface area contributed by atoms with Gasteiger partial charge in [-0.15, -0.1) is 0 Å². The topological polar surface area (TPSA) is 129 Å². The highest BCUT2D eigenvalue weighted by Crippen LogP contribution is 2.42. The molecular formula is C15H14ClN5OS. The van der Waals surface area contributed by atoms with E-state index in [1.54, 1.807) is 24.3 Å². The van der Waals surface area contributed by atoms with Crippen LogP contribution in [0, 0.1) is 28.6 Å². The van der Waals surface area contributed by atoms with Crippen LogP contribution in [0.5, 0.6) is 0 Å². The maximum absolute atomic E-state index is 11.0. The first-order valence-electron chi connectivity index (χ1n) is 6.71. The highest BCUT2D eigenvalue weighted by atomic mass is 35.5. The van der Waals surface area contributed by atoms with Gasteiger partial charge in [0, 0.05) is 10.9 Å². The minimum Gasteiger partial charge on any atom is -0.369 e. The molecule has 0 bridgehead atoms. The number of carbonyl (C=O) groups is 1. The molecule has 23 heavy (non-hydrogen) atoms. The van der Waals surface area contributed by atoms with E-state index in [9.17, 15) is 15.3 Å². The SMILES string of the molecule is N#CC1=C(SCC(N)=O)N[C@@H](N)[C@@H](C#N)[C@@H]1c1ccccc1Cl. The summed E-state index contributed by atoms with van der Waals surface area (Å²) in [4.78, 5) is 11.0. The molecule has 1 aromatic carbocycles. The zero-order valence-corrected chi connectivity index (χ0v) is 13.6. The molecule has 1 heterocycles. The van der Waals surface area contributed by atoms with Gasteiger partial charge in [0.25, 0.3) is 0 Å². The molecule has 1 aliphatic heterocycles. The van der Waals surface area contributed by atoms with Crippen molar-refractivity contribution < 1.29 is 4.79 Å². The number of amides is 1. The third-order valence-electron chi connectivity index (χ3n) is 3.47. The minimum atomic E-state index is -0.686. The fourth-order valence-electron chi connectivity index (χ4n) is 2.46. The van der Waals surface area contributed by atoms with Crippen molar-refractivity contribution in [1.29, 1.82) is 10.5 Å². The summed E-state index contributed by atoms with van der Waals surface area (Å²) >= 11 is 7.34. The number of hydrogen-bond donors (Lipinski definition) is 3. The lowest BCUT2D eigenvalue weighted by Crippen LogP contribution is -2.49. The summed E-state index contributed by atoms with van der Waals surface area (Å²) in [5.74, 6) is -1.73. The summed E-state index contributed by atoms with van der Waals surface area (Å²) < 4.78 is 0. The second-order valence-corrected chi connectivity index (χ2v) is 6.33. The summed E-state index contributed by atoms with van der Waals surface area (Å²) in [6.07, 6.45) is -0.686. The van der Waals surface area contributed by atoms with E-state index >= 15 is 0 Å². The second-order valence-electron chi connectivity index (χ2n) is 4.93. The van der Waals surface area contributed by atoms with Gasteiger partial charge in [-0.2, -0.15) is 10.5 Å². The van der Waals surface area contributed by atoms with Crippen LogP contribution in [0.15, 0.2) is 34.9 Å². The first-order chi connectivity index (χ1) is 11.0. The zero-order chi connectivity index (χ0) is 17.0. The number of allylic oxidation sites excluding steroid dienone is 1. The van der Waals surface area contributed by atoms with Crippen molar-refractivity contribution in [1.82, 2.24) is 5.32 Å². The largest absolute Gasteiger partial charge is 0.369 e. The lowest BCUT2D eigenvalue weighted by molar-refractivity contribution is -0.115. The fourth-order valence-corrected chi connectivity index (χ4v) is 3.55. The summed E-state index contributed by atoms with van der Waals surface area (Å²) in [7, 11) is 0. The van der Waals surface area contributed by atoms with Gasteiger partial charge in [0.15, 0.2) is 0 Å². The normalized spacial score (nSPS) is 23.6. The molecule has 8 heteroatoms.